The van der Waals surface area contributed by atoms with Gasteiger partial charge in [0.15, 0.2) is 0 Å². The van der Waals surface area contributed by atoms with Crippen LogP contribution in [0.1, 0.15) is 38.4 Å². The van der Waals surface area contributed by atoms with Gasteiger partial charge in [-0.05, 0) is 44.9 Å². The van der Waals surface area contributed by atoms with Gasteiger partial charge in [0, 0.05) is 24.8 Å². The van der Waals surface area contributed by atoms with Crippen molar-refractivity contribution in [2.45, 2.75) is 44.4 Å². The average Bonchev–Trinajstić information content (AvgIpc) is 2.38. The molecular weight excluding hydrogens is 264 g/mol. The molecule has 2 rings (SSSR count). The van der Waals surface area contributed by atoms with Crippen LogP contribution in [-0.2, 0) is 4.74 Å². The van der Waals surface area contributed by atoms with Crippen molar-refractivity contribution in [3.8, 4) is 0 Å². The van der Waals surface area contributed by atoms with E-state index in [0.29, 0.717) is 6.61 Å². The third-order valence-corrected chi connectivity index (χ3v) is 3.61. The highest BCUT2D eigenvalue weighted by Gasteiger charge is 2.29. The van der Waals surface area contributed by atoms with Gasteiger partial charge in [0.1, 0.15) is 11.6 Å². The Morgan fingerprint density at radius 1 is 1.45 bits per heavy atom. The van der Waals surface area contributed by atoms with Crippen LogP contribution in [0.5, 0.6) is 0 Å². The molecule has 0 bridgehead atoms. The Labute approximate surface area is 117 Å². The maximum atomic E-state index is 13.5. The number of aliphatic hydroxyl groups excluding tert-OH is 1. The first-order valence-corrected chi connectivity index (χ1v) is 6.88. The van der Waals surface area contributed by atoms with Crippen LogP contribution in [-0.4, -0.2) is 29.9 Å². The zero-order valence-corrected chi connectivity index (χ0v) is 11.8. The smallest absolute Gasteiger partial charge is 0.129 e. The standard InChI is InChI=1S/C15H21F2NO2/c1-15(2)8-11(5-6-20-15)18-9-14(19)12-7-10(16)3-4-13(12)17/h3-4,7,11,14,18-19H,5-6,8-9H2,1-2H3. The zero-order valence-electron chi connectivity index (χ0n) is 11.8. The van der Waals surface area contributed by atoms with Gasteiger partial charge in [0.25, 0.3) is 0 Å². The molecule has 20 heavy (non-hydrogen) atoms. The molecule has 1 aromatic rings. The SMILES string of the molecule is CC1(C)CC(NCC(O)c2cc(F)ccc2F)CCO1. The maximum absolute atomic E-state index is 13.5. The van der Waals surface area contributed by atoms with E-state index in [1.165, 1.54) is 0 Å². The van der Waals surface area contributed by atoms with Crippen LogP contribution in [0.15, 0.2) is 18.2 Å². The summed E-state index contributed by atoms with van der Waals surface area (Å²) in [6.45, 7) is 4.89. The summed E-state index contributed by atoms with van der Waals surface area (Å²) in [4.78, 5) is 0. The predicted molar refractivity (Wildman–Crippen MR) is 72.4 cm³/mol. The van der Waals surface area contributed by atoms with E-state index >= 15 is 0 Å². The Morgan fingerprint density at radius 3 is 2.90 bits per heavy atom. The Hall–Kier alpha value is -1.04. The number of benzene rings is 1. The molecule has 2 N–H and O–H groups in total. The zero-order chi connectivity index (χ0) is 14.8. The molecule has 5 heteroatoms. The molecule has 0 aromatic heterocycles. The first-order valence-electron chi connectivity index (χ1n) is 6.88. The van der Waals surface area contributed by atoms with Crippen LogP contribution in [0, 0.1) is 11.6 Å². The van der Waals surface area contributed by atoms with Crippen LogP contribution in [0.25, 0.3) is 0 Å². The van der Waals surface area contributed by atoms with Crippen molar-refractivity contribution < 1.29 is 18.6 Å². The topological polar surface area (TPSA) is 41.5 Å². The summed E-state index contributed by atoms with van der Waals surface area (Å²) in [5.74, 6) is -1.14. The van der Waals surface area contributed by atoms with E-state index in [2.05, 4.69) is 5.32 Å². The monoisotopic (exact) mass is 285 g/mol. The van der Waals surface area contributed by atoms with E-state index in [4.69, 9.17) is 4.74 Å². The Kier molecular flexibility index (Phi) is 4.73. The first kappa shape index (κ1) is 15.4. The summed E-state index contributed by atoms with van der Waals surface area (Å²) in [5.41, 5.74) is -0.200. The molecule has 2 unspecified atom stereocenters. The number of halogens is 2. The lowest BCUT2D eigenvalue weighted by atomic mass is 9.93. The first-order chi connectivity index (χ1) is 9.37. The quantitative estimate of drug-likeness (QED) is 0.893. The van der Waals surface area contributed by atoms with Crippen LogP contribution >= 0.6 is 0 Å². The molecule has 1 aliphatic heterocycles. The second kappa shape index (κ2) is 6.16. The van der Waals surface area contributed by atoms with Gasteiger partial charge in [-0.2, -0.15) is 0 Å². The average molecular weight is 285 g/mol. The van der Waals surface area contributed by atoms with E-state index < -0.39 is 17.7 Å². The van der Waals surface area contributed by atoms with Crippen molar-refractivity contribution in [3.05, 3.63) is 35.4 Å². The summed E-state index contributed by atoms with van der Waals surface area (Å²) in [5, 5.41) is 13.2. The molecule has 3 nitrogen and oxygen atoms in total. The Balaban J connectivity index is 1.92. The van der Waals surface area contributed by atoms with Gasteiger partial charge < -0.3 is 15.2 Å². The van der Waals surface area contributed by atoms with E-state index in [0.717, 1.165) is 31.0 Å². The molecule has 1 aromatic carbocycles. The maximum Gasteiger partial charge on any atom is 0.129 e. The van der Waals surface area contributed by atoms with Gasteiger partial charge in [-0.25, -0.2) is 8.78 Å². The van der Waals surface area contributed by atoms with Crippen LogP contribution in [0.4, 0.5) is 8.78 Å². The largest absolute Gasteiger partial charge is 0.387 e. The second-order valence-corrected chi connectivity index (χ2v) is 5.89. The fraction of sp³-hybridized carbons (Fsp3) is 0.600. The second-order valence-electron chi connectivity index (χ2n) is 5.89. The normalized spacial score (nSPS) is 23.6. The molecule has 0 amide bonds. The number of hydrogen-bond acceptors (Lipinski definition) is 3. The number of ether oxygens (including phenoxy) is 1. The molecule has 1 fully saturated rings. The summed E-state index contributed by atoms with van der Waals surface area (Å²) >= 11 is 0. The lowest BCUT2D eigenvalue weighted by molar-refractivity contribution is -0.0639. The summed E-state index contributed by atoms with van der Waals surface area (Å²) < 4.78 is 32.2. The lowest BCUT2D eigenvalue weighted by Gasteiger charge is -2.36. The predicted octanol–water partition coefficient (Wildman–Crippen LogP) is 2.55. The molecule has 112 valence electrons. The van der Waals surface area contributed by atoms with Crippen molar-refractivity contribution in [1.82, 2.24) is 5.32 Å². The highest BCUT2D eigenvalue weighted by Crippen LogP contribution is 2.24. The van der Waals surface area contributed by atoms with E-state index in [1.54, 1.807) is 0 Å². The minimum Gasteiger partial charge on any atom is -0.387 e. The number of hydrogen-bond donors (Lipinski definition) is 2. The Morgan fingerprint density at radius 2 is 2.20 bits per heavy atom. The van der Waals surface area contributed by atoms with Crippen LogP contribution in [0.2, 0.25) is 0 Å². The third kappa shape index (κ3) is 3.98. The molecular formula is C15H21F2NO2. The molecule has 1 aliphatic rings. The van der Waals surface area contributed by atoms with Crippen molar-refractivity contribution in [2.75, 3.05) is 13.2 Å². The molecule has 0 spiro atoms. The molecule has 1 heterocycles. The van der Waals surface area contributed by atoms with E-state index in [9.17, 15) is 13.9 Å². The van der Waals surface area contributed by atoms with Gasteiger partial charge in [0.05, 0.1) is 11.7 Å². The fourth-order valence-electron chi connectivity index (χ4n) is 2.56. The molecule has 0 radical (unpaired) electrons. The molecule has 0 aliphatic carbocycles. The fourth-order valence-corrected chi connectivity index (χ4v) is 2.56. The highest BCUT2D eigenvalue weighted by atomic mass is 19.1. The van der Waals surface area contributed by atoms with Crippen LogP contribution in [0.3, 0.4) is 0 Å². The summed E-state index contributed by atoms with van der Waals surface area (Å²) in [7, 11) is 0. The van der Waals surface area contributed by atoms with Gasteiger partial charge in [-0.1, -0.05) is 0 Å². The third-order valence-electron chi connectivity index (χ3n) is 3.61. The number of rotatable bonds is 4. The van der Waals surface area contributed by atoms with Crippen molar-refractivity contribution in [3.63, 3.8) is 0 Å². The minimum absolute atomic E-state index is 0.0104. The van der Waals surface area contributed by atoms with E-state index in [-0.39, 0.29) is 23.8 Å². The lowest BCUT2D eigenvalue weighted by Crippen LogP contribution is -2.44. The minimum atomic E-state index is -1.06. The van der Waals surface area contributed by atoms with Gasteiger partial charge in [0.2, 0.25) is 0 Å². The van der Waals surface area contributed by atoms with E-state index in [1.807, 2.05) is 13.8 Å². The van der Waals surface area contributed by atoms with Crippen LogP contribution < -0.4 is 5.32 Å². The molecule has 0 saturated carbocycles. The van der Waals surface area contributed by atoms with Gasteiger partial charge in [-0.3, -0.25) is 0 Å². The summed E-state index contributed by atoms with van der Waals surface area (Å²) in [6.07, 6.45) is 0.615. The Bertz CT molecular complexity index is 465. The van der Waals surface area contributed by atoms with Crippen molar-refractivity contribution in [1.29, 1.82) is 0 Å². The number of aliphatic hydroxyl groups is 1. The van der Waals surface area contributed by atoms with Gasteiger partial charge in [-0.15, -0.1) is 0 Å². The molecule has 2 atom stereocenters. The highest BCUT2D eigenvalue weighted by molar-refractivity contribution is 5.21. The van der Waals surface area contributed by atoms with Crippen molar-refractivity contribution in [2.24, 2.45) is 0 Å². The number of nitrogens with one attached hydrogen (secondary N) is 1. The van der Waals surface area contributed by atoms with Crippen molar-refractivity contribution >= 4 is 0 Å². The van der Waals surface area contributed by atoms with Gasteiger partial charge >= 0.3 is 0 Å². The summed E-state index contributed by atoms with van der Waals surface area (Å²) in [6, 6.07) is 3.33. The molecule has 1 saturated heterocycles.